The lowest BCUT2D eigenvalue weighted by molar-refractivity contribution is 0.784. The Kier molecular flexibility index (Phi) is 5.70. The lowest BCUT2D eigenvalue weighted by Crippen LogP contribution is -2.45. The first-order valence-electron chi connectivity index (χ1n) is 9.76. The minimum atomic E-state index is -0.489. The normalized spacial score (nSPS) is 15.5. The number of aryl methyl sites for hydroxylation is 2. The summed E-state index contributed by atoms with van der Waals surface area (Å²) in [5.41, 5.74) is 5.82. The molecular formula is C23H23BN6. The van der Waals surface area contributed by atoms with Crippen LogP contribution in [0.3, 0.4) is 0 Å². The van der Waals surface area contributed by atoms with E-state index >= 15 is 0 Å². The number of guanidine groups is 2. The van der Waals surface area contributed by atoms with Crippen LogP contribution in [-0.2, 0) is 0 Å². The van der Waals surface area contributed by atoms with Gasteiger partial charge in [-0.3, -0.25) is 5.32 Å². The van der Waals surface area contributed by atoms with Crippen molar-refractivity contribution >= 4 is 42.3 Å². The summed E-state index contributed by atoms with van der Waals surface area (Å²) in [4.78, 5) is 9.33. The van der Waals surface area contributed by atoms with Gasteiger partial charge in [0.15, 0.2) is 0 Å². The van der Waals surface area contributed by atoms with E-state index in [1.807, 2.05) is 48.5 Å². The first-order valence-corrected chi connectivity index (χ1v) is 9.76. The third-order valence-corrected chi connectivity index (χ3v) is 4.51. The summed E-state index contributed by atoms with van der Waals surface area (Å²) < 4.78 is 0. The highest BCUT2D eigenvalue weighted by atomic mass is 15.4. The zero-order valence-corrected chi connectivity index (χ0v) is 17.0. The molecule has 0 fully saturated rings. The Balaban J connectivity index is 1.57. The molecule has 0 spiro atoms. The highest BCUT2D eigenvalue weighted by molar-refractivity contribution is 6.32. The maximum Gasteiger partial charge on any atom is 0.221 e. The van der Waals surface area contributed by atoms with Gasteiger partial charge in [-0.25, -0.2) is 9.98 Å². The molecule has 1 heterocycles. The number of hydrogen-bond acceptors (Lipinski definition) is 6. The quantitative estimate of drug-likeness (QED) is 0.513. The zero-order chi connectivity index (χ0) is 20.9. The van der Waals surface area contributed by atoms with Gasteiger partial charge >= 0.3 is 0 Å². The van der Waals surface area contributed by atoms with E-state index in [4.69, 9.17) is 7.85 Å². The average molecular weight is 394 g/mol. The van der Waals surface area contributed by atoms with E-state index in [-0.39, 0.29) is 0 Å². The van der Waals surface area contributed by atoms with Gasteiger partial charge in [0.25, 0.3) is 0 Å². The molecule has 1 atom stereocenters. The SMILES string of the molecule is [B]c1ccc(NC2=NC(Nc3cccc(C)c3)N=C(Nc3cccc(C)c3)N2)cc1. The van der Waals surface area contributed by atoms with Crippen LogP contribution in [0.4, 0.5) is 17.1 Å². The molecule has 0 bridgehead atoms. The Labute approximate surface area is 178 Å². The van der Waals surface area contributed by atoms with E-state index in [1.165, 1.54) is 11.1 Å². The molecule has 6 nitrogen and oxygen atoms in total. The standard InChI is InChI=1S/C23H23BN6/c1-15-5-3-7-19(13-15)26-22-28-21(25-18-11-9-17(24)10-12-18)29-23(30-22)27-20-8-4-6-16(2)14-20/h3-14,22,26H,1-2H3,(H3,25,27,28,29,30). The van der Waals surface area contributed by atoms with Crippen molar-refractivity contribution in [2.45, 2.75) is 20.1 Å². The molecule has 0 saturated carbocycles. The van der Waals surface area contributed by atoms with Crippen molar-refractivity contribution < 1.29 is 0 Å². The molecule has 0 saturated heterocycles. The molecule has 7 heteroatoms. The maximum absolute atomic E-state index is 5.79. The molecular weight excluding hydrogens is 371 g/mol. The monoisotopic (exact) mass is 394 g/mol. The van der Waals surface area contributed by atoms with Crippen LogP contribution < -0.4 is 26.7 Å². The number of hydrogen-bond donors (Lipinski definition) is 4. The summed E-state index contributed by atoms with van der Waals surface area (Å²) >= 11 is 0. The number of benzene rings is 3. The Morgan fingerprint density at radius 3 is 1.93 bits per heavy atom. The van der Waals surface area contributed by atoms with Gasteiger partial charge in [-0.1, -0.05) is 41.9 Å². The van der Waals surface area contributed by atoms with Gasteiger partial charge in [-0.05, 0) is 61.4 Å². The molecule has 1 aliphatic heterocycles. The van der Waals surface area contributed by atoms with Gasteiger partial charge < -0.3 is 16.0 Å². The molecule has 4 rings (SSSR count). The third kappa shape index (κ3) is 5.20. The highest BCUT2D eigenvalue weighted by Gasteiger charge is 2.17. The van der Waals surface area contributed by atoms with Crippen LogP contribution in [0.15, 0.2) is 82.8 Å². The lowest BCUT2D eigenvalue weighted by atomic mass is 9.96. The van der Waals surface area contributed by atoms with Crippen molar-refractivity contribution in [3.63, 3.8) is 0 Å². The van der Waals surface area contributed by atoms with Gasteiger partial charge in [-0.15, -0.1) is 0 Å². The Morgan fingerprint density at radius 1 is 0.733 bits per heavy atom. The van der Waals surface area contributed by atoms with Crippen LogP contribution in [0, 0.1) is 13.8 Å². The van der Waals surface area contributed by atoms with Crippen molar-refractivity contribution in [3.8, 4) is 0 Å². The summed E-state index contributed by atoms with van der Waals surface area (Å²) in [7, 11) is 5.79. The smallest absolute Gasteiger partial charge is 0.221 e. The van der Waals surface area contributed by atoms with Crippen LogP contribution in [0.2, 0.25) is 0 Å². The predicted octanol–water partition coefficient (Wildman–Crippen LogP) is 3.33. The van der Waals surface area contributed by atoms with Gasteiger partial charge in [0.2, 0.25) is 18.2 Å². The van der Waals surface area contributed by atoms with E-state index in [9.17, 15) is 0 Å². The second-order valence-corrected chi connectivity index (χ2v) is 7.21. The molecule has 30 heavy (non-hydrogen) atoms. The van der Waals surface area contributed by atoms with Crippen LogP contribution >= 0.6 is 0 Å². The van der Waals surface area contributed by atoms with Crippen molar-refractivity contribution in [1.29, 1.82) is 0 Å². The maximum atomic E-state index is 5.79. The molecule has 0 aliphatic carbocycles. The molecule has 4 N–H and O–H groups in total. The molecule has 3 aromatic rings. The Bertz CT molecular complexity index is 1090. The van der Waals surface area contributed by atoms with E-state index in [2.05, 4.69) is 69.4 Å². The predicted molar refractivity (Wildman–Crippen MR) is 127 cm³/mol. The van der Waals surface area contributed by atoms with Crippen LogP contribution in [0.5, 0.6) is 0 Å². The number of rotatable bonds is 4. The third-order valence-electron chi connectivity index (χ3n) is 4.51. The van der Waals surface area contributed by atoms with Crippen molar-refractivity contribution in [2.75, 3.05) is 16.0 Å². The summed E-state index contributed by atoms with van der Waals surface area (Å²) in [6.45, 7) is 4.11. The first kappa shape index (κ1) is 19.6. The number of anilines is 3. The molecule has 0 amide bonds. The fraction of sp³-hybridized carbons (Fsp3) is 0.130. The van der Waals surface area contributed by atoms with Gasteiger partial charge in [0.05, 0.1) is 0 Å². The van der Waals surface area contributed by atoms with E-state index < -0.39 is 6.29 Å². The summed E-state index contributed by atoms with van der Waals surface area (Å²) in [6.07, 6.45) is -0.489. The van der Waals surface area contributed by atoms with Crippen LogP contribution in [0.25, 0.3) is 0 Å². The highest BCUT2D eigenvalue weighted by Crippen LogP contribution is 2.15. The van der Waals surface area contributed by atoms with Gasteiger partial charge in [-0.2, -0.15) is 0 Å². The summed E-state index contributed by atoms with van der Waals surface area (Å²) in [5, 5.41) is 13.2. The van der Waals surface area contributed by atoms with E-state index in [1.54, 1.807) is 0 Å². The minimum Gasteiger partial charge on any atom is -0.345 e. The van der Waals surface area contributed by atoms with Crippen molar-refractivity contribution in [3.05, 3.63) is 83.9 Å². The van der Waals surface area contributed by atoms with Crippen molar-refractivity contribution in [1.82, 2.24) is 5.32 Å². The topological polar surface area (TPSA) is 72.8 Å². The average Bonchev–Trinajstić information content (AvgIpc) is 2.70. The van der Waals surface area contributed by atoms with Crippen LogP contribution in [0.1, 0.15) is 11.1 Å². The zero-order valence-electron chi connectivity index (χ0n) is 17.0. The molecule has 1 aliphatic rings. The second-order valence-electron chi connectivity index (χ2n) is 7.21. The van der Waals surface area contributed by atoms with Crippen LogP contribution in [-0.4, -0.2) is 26.1 Å². The molecule has 3 aromatic carbocycles. The number of nitrogens with zero attached hydrogens (tertiary/aromatic N) is 2. The van der Waals surface area contributed by atoms with Gasteiger partial charge in [0.1, 0.15) is 7.85 Å². The molecule has 0 aromatic heterocycles. The van der Waals surface area contributed by atoms with Crippen molar-refractivity contribution in [2.24, 2.45) is 9.98 Å². The van der Waals surface area contributed by atoms with Gasteiger partial charge in [0, 0.05) is 17.1 Å². The van der Waals surface area contributed by atoms with E-state index in [0.717, 1.165) is 17.1 Å². The fourth-order valence-corrected chi connectivity index (χ4v) is 3.09. The largest absolute Gasteiger partial charge is 0.345 e. The number of nitrogens with one attached hydrogen (secondary N) is 4. The molecule has 148 valence electrons. The molecule has 2 radical (unpaired) electrons. The van der Waals surface area contributed by atoms with E-state index in [0.29, 0.717) is 17.4 Å². The lowest BCUT2D eigenvalue weighted by Gasteiger charge is -2.24. The number of aliphatic imine (C=N–C) groups is 2. The second kappa shape index (κ2) is 8.74. The fourth-order valence-electron chi connectivity index (χ4n) is 3.09. The minimum absolute atomic E-state index is 0.489. The summed E-state index contributed by atoms with van der Waals surface area (Å²) in [6, 6.07) is 23.7. The Hall–Kier alpha value is -3.74. The first-order chi connectivity index (χ1) is 14.5. The summed E-state index contributed by atoms with van der Waals surface area (Å²) in [5.74, 6) is 1.17. The Morgan fingerprint density at radius 2 is 1.30 bits per heavy atom. The molecule has 1 unspecified atom stereocenters.